The second-order valence-corrected chi connectivity index (χ2v) is 4.35. The standard InChI is InChI=1S/C9H15BrN4O2/c1-2-9(4-15,5-16)14-7-6(10)3-12-8(11)13-7/h3,15-16H,2,4-5H2,1H3,(H3,11,12,13,14). The van der Waals surface area contributed by atoms with Gasteiger partial charge in [-0.2, -0.15) is 4.98 Å². The van der Waals surface area contributed by atoms with Crippen LogP contribution in [-0.4, -0.2) is 38.9 Å². The lowest BCUT2D eigenvalue weighted by Gasteiger charge is -2.30. The predicted octanol–water partition coefficient (Wildman–Crippen LogP) is 0.367. The van der Waals surface area contributed by atoms with Gasteiger partial charge in [-0.05, 0) is 22.4 Å². The van der Waals surface area contributed by atoms with Crippen molar-refractivity contribution in [3.05, 3.63) is 10.7 Å². The summed E-state index contributed by atoms with van der Waals surface area (Å²) in [4.78, 5) is 7.79. The zero-order valence-electron chi connectivity index (χ0n) is 8.94. The van der Waals surface area contributed by atoms with Crippen molar-refractivity contribution in [2.24, 2.45) is 0 Å². The maximum Gasteiger partial charge on any atom is 0.221 e. The molecule has 0 aliphatic heterocycles. The number of nitrogen functional groups attached to an aromatic ring is 1. The second-order valence-electron chi connectivity index (χ2n) is 3.50. The first-order valence-corrected chi connectivity index (χ1v) is 5.64. The molecule has 0 saturated heterocycles. The number of aliphatic hydroxyl groups is 2. The number of aromatic nitrogens is 2. The first kappa shape index (κ1) is 13.1. The fraction of sp³-hybridized carbons (Fsp3) is 0.556. The van der Waals surface area contributed by atoms with Gasteiger partial charge < -0.3 is 21.3 Å². The molecule has 0 unspecified atom stereocenters. The van der Waals surface area contributed by atoms with E-state index in [-0.39, 0.29) is 19.2 Å². The molecule has 0 bridgehead atoms. The number of nitrogens with zero attached hydrogens (tertiary/aromatic N) is 2. The van der Waals surface area contributed by atoms with Crippen molar-refractivity contribution in [3.63, 3.8) is 0 Å². The number of hydrogen-bond donors (Lipinski definition) is 4. The van der Waals surface area contributed by atoms with E-state index in [9.17, 15) is 10.2 Å². The van der Waals surface area contributed by atoms with Crippen LogP contribution in [0.1, 0.15) is 13.3 Å². The monoisotopic (exact) mass is 290 g/mol. The van der Waals surface area contributed by atoms with Crippen molar-refractivity contribution in [2.45, 2.75) is 18.9 Å². The molecule has 16 heavy (non-hydrogen) atoms. The zero-order valence-corrected chi connectivity index (χ0v) is 10.5. The molecule has 1 heterocycles. The van der Waals surface area contributed by atoms with Gasteiger partial charge in [0, 0.05) is 6.20 Å². The van der Waals surface area contributed by atoms with Gasteiger partial charge in [-0.3, -0.25) is 0 Å². The molecule has 0 aliphatic rings. The molecular weight excluding hydrogens is 276 g/mol. The quantitative estimate of drug-likeness (QED) is 0.624. The average molecular weight is 291 g/mol. The lowest BCUT2D eigenvalue weighted by atomic mass is 9.98. The van der Waals surface area contributed by atoms with E-state index in [0.717, 1.165) is 0 Å². The van der Waals surface area contributed by atoms with Gasteiger partial charge in [-0.1, -0.05) is 6.92 Å². The van der Waals surface area contributed by atoms with Crippen molar-refractivity contribution in [1.29, 1.82) is 0 Å². The van der Waals surface area contributed by atoms with E-state index < -0.39 is 5.54 Å². The van der Waals surface area contributed by atoms with Crippen LogP contribution >= 0.6 is 15.9 Å². The highest BCUT2D eigenvalue weighted by Crippen LogP contribution is 2.24. The van der Waals surface area contributed by atoms with Gasteiger partial charge in [-0.25, -0.2) is 4.98 Å². The largest absolute Gasteiger partial charge is 0.394 e. The molecule has 0 atom stereocenters. The van der Waals surface area contributed by atoms with Crippen molar-refractivity contribution in [3.8, 4) is 0 Å². The minimum atomic E-state index is -0.802. The number of hydrogen-bond acceptors (Lipinski definition) is 6. The number of halogens is 1. The topological polar surface area (TPSA) is 104 Å². The molecule has 1 aromatic rings. The lowest BCUT2D eigenvalue weighted by molar-refractivity contribution is 0.132. The number of aliphatic hydroxyl groups excluding tert-OH is 2. The highest BCUT2D eigenvalue weighted by Gasteiger charge is 2.27. The molecule has 5 N–H and O–H groups in total. The number of anilines is 2. The summed E-state index contributed by atoms with van der Waals surface area (Å²) in [6.45, 7) is 1.46. The maximum absolute atomic E-state index is 9.29. The third-order valence-electron chi connectivity index (χ3n) is 2.43. The van der Waals surface area contributed by atoms with Crippen LogP contribution in [0.3, 0.4) is 0 Å². The summed E-state index contributed by atoms with van der Waals surface area (Å²) >= 11 is 3.26. The summed E-state index contributed by atoms with van der Waals surface area (Å²) in [7, 11) is 0. The third kappa shape index (κ3) is 2.81. The van der Waals surface area contributed by atoms with Gasteiger partial charge in [0.1, 0.15) is 5.82 Å². The summed E-state index contributed by atoms with van der Waals surface area (Å²) < 4.78 is 0.626. The van der Waals surface area contributed by atoms with Gasteiger partial charge >= 0.3 is 0 Å². The van der Waals surface area contributed by atoms with E-state index in [4.69, 9.17) is 5.73 Å². The van der Waals surface area contributed by atoms with Crippen LogP contribution < -0.4 is 11.1 Å². The first-order chi connectivity index (χ1) is 7.56. The van der Waals surface area contributed by atoms with E-state index in [2.05, 4.69) is 31.2 Å². The number of rotatable bonds is 5. The third-order valence-corrected chi connectivity index (χ3v) is 3.01. The van der Waals surface area contributed by atoms with Crippen molar-refractivity contribution in [2.75, 3.05) is 24.3 Å². The zero-order chi connectivity index (χ0) is 12.2. The van der Waals surface area contributed by atoms with E-state index in [1.54, 1.807) is 0 Å². The summed E-state index contributed by atoms with van der Waals surface area (Å²) in [5.41, 5.74) is 4.66. The lowest BCUT2D eigenvalue weighted by Crippen LogP contribution is -2.45. The molecule has 0 aromatic carbocycles. The summed E-state index contributed by atoms with van der Waals surface area (Å²) in [5.74, 6) is 0.587. The fourth-order valence-electron chi connectivity index (χ4n) is 1.16. The Morgan fingerprint density at radius 1 is 1.50 bits per heavy atom. The van der Waals surface area contributed by atoms with E-state index in [1.165, 1.54) is 6.20 Å². The summed E-state index contributed by atoms with van der Waals surface area (Å²) in [6, 6.07) is 0. The van der Waals surface area contributed by atoms with E-state index in [1.807, 2.05) is 6.92 Å². The van der Waals surface area contributed by atoms with Crippen molar-refractivity contribution in [1.82, 2.24) is 9.97 Å². The Morgan fingerprint density at radius 3 is 2.62 bits per heavy atom. The maximum atomic E-state index is 9.29. The molecule has 0 amide bonds. The average Bonchev–Trinajstić information content (AvgIpc) is 2.31. The van der Waals surface area contributed by atoms with Crippen molar-refractivity contribution < 1.29 is 10.2 Å². The highest BCUT2D eigenvalue weighted by atomic mass is 79.9. The van der Waals surface area contributed by atoms with Gasteiger partial charge in [-0.15, -0.1) is 0 Å². The molecule has 1 rings (SSSR count). The van der Waals surface area contributed by atoms with Gasteiger partial charge in [0.15, 0.2) is 0 Å². The first-order valence-electron chi connectivity index (χ1n) is 4.85. The van der Waals surface area contributed by atoms with Gasteiger partial charge in [0.2, 0.25) is 5.95 Å². The SMILES string of the molecule is CCC(CO)(CO)Nc1nc(N)ncc1Br. The molecule has 0 spiro atoms. The molecule has 0 fully saturated rings. The van der Waals surface area contributed by atoms with E-state index >= 15 is 0 Å². The highest BCUT2D eigenvalue weighted by molar-refractivity contribution is 9.10. The number of nitrogens with one attached hydrogen (secondary N) is 1. The molecule has 0 saturated carbocycles. The Hall–Kier alpha value is -0.920. The number of nitrogens with two attached hydrogens (primary N) is 1. The van der Waals surface area contributed by atoms with Crippen LogP contribution in [0.2, 0.25) is 0 Å². The van der Waals surface area contributed by atoms with Crippen LogP contribution in [0.5, 0.6) is 0 Å². The Kier molecular flexibility index (Phi) is 4.45. The van der Waals surface area contributed by atoms with Crippen LogP contribution in [0.4, 0.5) is 11.8 Å². The van der Waals surface area contributed by atoms with Crippen LogP contribution in [0.25, 0.3) is 0 Å². The Bertz CT molecular complexity index is 349. The molecule has 90 valence electrons. The van der Waals surface area contributed by atoms with Crippen LogP contribution in [0, 0.1) is 0 Å². The van der Waals surface area contributed by atoms with Crippen molar-refractivity contribution >= 4 is 27.7 Å². The summed E-state index contributed by atoms with van der Waals surface area (Å²) in [5, 5.41) is 21.5. The Labute approximate surface area is 102 Å². The molecule has 0 aliphatic carbocycles. The summed E-state index contributed by atoms with van der Waals surface area (Å²) in [6.07, 6.45) is 2.07. The minimum absolute atomic E-state index is 0.131. The molecular formula is C9H15BrN4O2. The molecule has 0 radical (unpaired) electrons. The van der Waals surface area contributed by atoms with Gasteiger partial charge in [0.25, 0.3) is 0 Å². The minimum Gasteiger partial charge on any atom is -0.394 e. The van der Waals surface area contributed by atoms with Crippen LogP contribution in [0.15, 0.2) is 10.7 Å². The molecule has 6 nitrogen and oxygen atoms in total. The second kappa shape index (κ2) is 5.42. The predicted molar refractivity (Wildman–Crippen MR) is 65.0 cm³/mol. The molecule has 7 heteroatoms. The normalized spacial score (nSPS) is 11.5. The fourth-order valence-corrected chi connectivity index (χ4v) is 1.45. The Morgan fingerprint density at radius 2 is 2.12 bits per heavy atom. The van der Waals surface area contributed by atoms with Crippen LogP contribution in [-0.2, 0) is 0 Å². The smallest absolute Gasteiger partial charge is 0.221 e. The molecule has 1 aromatic heterocycles. The Balaban J connectivity index is 2.97. The van der Waals surface area contributed by atoms with Gasteiger partial charge in [0.05, 0.1) is 23.2 Å². The van der Waals surface area contributed by atoms with E-state index in [0.29, 0.717) is 16.7 Å².